The molecule has 0 aliphatic carbocycles. The van der Waals surface area contributed by atoms with Crippen molar-refractivity contribution in [1.29, 1.82) is 0 Å². The molecule has 0 N–H and O–H groups in total. The van der Waals surface area contributed by atoms with Crippen LogP contribution in [0.1, 0.15) is 47.5 Å². The van der Waals surface area contributed by atoms with Crippen LogP contribution in [0.2, 0.25) is 12.5 Å². The molecule has 1 unspecified atom stereocenters. The molecule has 0 bridgehead atoms. The molecule has 0 fully saturated rings. The SMILES string of the molecule is CCC(C[CH2][In]([CH2]C)[CH2]C)N(CC)CC. The molecule has 1 atom stereocenters. The van der Waals surface area contributed by atoms with Crippen LogP contribution in [0.3, 0.4) is 0 Å². The standard InChI is InChI=1S/C9H20N.2C2H5.In/c1-5-9(6-2)10(7-3)8-4;2*1-2;/h9H,1,5-8H2,2-4H3;2*1H2,2H3;. The molecule has 0 aromatic heterocycles. The summed E-state index contributed by atoms with van der Waals surface area (Å²) in [6.45, 7) is 14.2. The predicted octanol–water partition coefficient (Wildman–Crippen LogP) is 4.03. The molecule has 2 heteroatoms. The van der Waals surface area contributed by atoms with E-state index < -0.39 is 21.4 Å². The van der Waals surface area contributed by atoms with Crippen molar-refractivity contribution in [3.63, 3.8) is 0 Å². The summed E-state index contributed by atoms with van der Waals surface area (Å²) < 4.78 is 4.75. The molecule has 0 radical (unpaired) electrons. The van der Waals surface area contributed by atoms with Crippen LogP contribution in [0, 0.1) is 0 Å². The maximum absolute atomic E-state index is 2.65. The molecule has 0 saturated carbocycles. The average molecular weight is 315 g/mol. The Morgan fingerprint density at radius 3 is 1.80 bits per heavy atom. The van der Waals surface area contributed by atoms with E-state index in [9.17, 15) is 0 Å². The van der Waals surface area contributed by atoms with Crippen LogP contribution in [0.4, 0.5) is 0 Å². The molecule has 0 aromatic rings. The number of hydrogen-bond donors (Lipinski definition) is 0. The van der Waals surface area contributed by atoms with E-state index in [1.54, 1.807) is 12.5 Å². The molecule has 1 nitrogen and oxygen atoms in total. The monoisotopic (exact) mass is 315 g/mol. The van der Waals surface area contributed by atoms with Crippen molar-refractivity contribution in [2.75, 3.05) is 13.1 Å². The Morgan fingerprint density at radius 2 is 1.47 bits per heavy atom. The molecule has 0 aliphatic heterocycles. The summed E-state index contributed by atoms with van der Waals surface area (Å²) in [4.78, 5) is 2.65. The topological polar surface area (TPSA) is 3.24 Å². The Hall–Kier alpha value is 0.830. The molecule has 90 valence electrons. The molecule has 0 amide bonds. The van der Waals surface area contributed by atoms with E-state index in [4.69, 9.17) is 0 Å². The normalized spacial score (nSPS) is 13.2. The van der Waals surface area contributed by atoms with Gasteiger partial charge in [0.25, 0.3) is 0 Å². The van der Waals surface area contributed by atoms with Crippen LogP contribution in [-0.2, 0) is 0 Å². The Kier molecular flexibility index (Phi) is 10.6. The van der Waals surface area contributed by atoms with E-state index in [1.165, 1.54) is 25.9 Å². The van der Waals surface area contributed by atoms with Crippen molar-refractivity contribution in [2.45, 2.75) is 66.0 Å². The molecule has 0 saturated heterocycles. The van der Waals surface area contributed by atoms with Crippen molar-refractivity contribution >= 4 is 21.4 Å². The van der Waals surface area contributed by atoms with Crippen molar-refractivity contribution in [3.8, 4) is 0 Å². The van der Waals surface area contributed by atoms with Gasteiger partial charge in [-0.1, -0.05) is 0 Å². The molecule has 0 spiro atoms. The average Bonchev–Trinajstić information content (AvgIpc) is 2.29. The zero-order chi connectivity index (χ0) is 11.7. The van der Waals surface area contributed by atoms with E-state index in [0.29, 0.717) is 0 Å². The van der Waals surface area contributed by atoms with Gasteiger partial charge in [-0.3, -0.25) is 0 Å². The molecular formula is C13H30InN. The zero-order valence-corrected chi connectivity index (χ0v) is 14.8. The molecule has 0 heterocycles. The van der Waals surface area contributed by atoms with E-state index in [2.05, 4.69) is 39.5 Å². The van der Waals surface area contributed by atoms with Gasteiger partial charge in [0.2, 0.25) is 0 Å². The number of rotatable bonds is 9. The van der Waals surface area contributed by atoms with Crippen LogP contribution < -0.4 is 0 Å². The minimum absolute atomic E-state index is 0.872. The van der Waals surface area contributed by atoms with E-state index in [0.717, 1.165) is 6.04 Å². The van der Waals surface area contributed by atoms with Gasteiger partial charge in [-0.2, -0.15) is 0 Å². The molecule has 15 heavy (non-hydrogen) atoms. The molecular weight excluding hydrogens is 285 g/mol. The third-order valence-electron chi connectivity index (χ3n) is 3.86. The van der Waals surface area contributed by atoms with Gasteiger partial charge in [0, 0.05) is 0 Å². The summed E-state index contributed by atoms with van der Waals surface area (Å²) >= 11 is -1.02. The van der Waals surface area contributed by atoms with E-state index in [-0.39, 0.29) is 0 Å². The first kappa shape index (κ1) is 15.8. The van der Waals surface area contributed by atoms with Gasteiger partial charge in [-0.05, 0) is 0 Å². The summed E-state index contributed by atoms with van der Waals surface area (Å²) in [5.41, 5.74) is 0. The summed E-state index contributed by atoms with van der Waals surface area (Å²) in [6, 6.07) is 0.872. The summed E-state index contributed by atoms with van der Waals surface area (Å²) in [7, 11) is 0. The van der Waals surface area contributed by atoms with Gasteiger partial charge < -0.3 is 0 Å². The fourth-order valence-electron chi connectivity index (χ4n) is 2.51. The van der Waals surface area contributed by atoms with Crippen LogP contribution in [-0.4, -0.2) is 45.5 Å². The van der Waals surface area contributed by atoms with Crippen molar-refractivity contribution in [2.24, 2.45) is 0 Å². The first-order valence-corrected chi connectivity index (χ1v) is 14.0. The number of hydrogen-bond acceptors (Lipinski definition) is 1. The van der Waals surface area contributed by atoms with Crippen LogP contribution >= 0.6 is 0 Å². The van der Waals surface area contributed by atoms with Gasteiger partial charge >= 0.3 is 105 Å². The summed E-state index contributed by atoms with van der Waals surface area (Å²) in [5, 5.41) is 0. The first-order valence-electron chi connectivity index (χ1n) is 6.97. The Balaban J connectivity index is 3.97. The third kappa shape index (κ3) is 6.21. The van der Waals surface area contributed by atoms with Crippen LogP contribution in [0.5, 0.6) is 0 Å². The Morgan fingerprint density at radius 1 is 0.933 bits per heavy atom. The molecule has 0 aromatic carbocycles. The van der Waals surface area contributed by atoms with E-state index in [1.807, 2.05) is 0 Å². The Labute approximate surface area is 105 Å². The fourth-order valence-corrected chi connectivity index (χ4v) is 8.93. The summed E-state index contributed by atoms with van der Waals surface area (Å²) in [6.07, 6.45) is 2.83. The third-order valence-corrected chi connectivity index (χ3v) is 13.7. The summed E-state index contributed by atoms with van der Waals surface area (Å²) in [5.74, 6) is 0. The first-order chi connectivity index (χ1) is 7.23. The second kappa shape index (κ2) is 10.0. The Bertz CT molecular complexity index is 130. The number of nitrogens with zero attached hydrogens (tertiary/aromatic N) is 1. The van der Waals surface area contributed by atoms with Gasteiger partial charge in [-0.15, -0.1) is 0 Å². The van der Waals surface area contributed by atoms with Crippen molar-refractivity contribution < 1.29 is 0 Å². The van der Waals surface area contributed by atoms with Gasteiger partial charge in [-0.25, -0.2) is 0 Å². The fraction of sp³-hybridized carbons (Fsp3) is 1.00. The second-order valence-corrected chi connectivity index (χ2v) is 15.8. The van der Waals surface area contributed by atoms with Crippen LogP contribution in [0.15, 0.2) is 0 Å². The molecule has 0 aliphatic rings. The van der Waals surface area contributed by atoms with E-state index >= 15 is 0 Å². The predicted molar refractivity (Wildman–Crippen MR) is 73.1 cm³/mol. The molecule has 0 rings (SSSR count). The van der Waals surface area contributed by atoms with Gasteiger partial charge in [0.15, 0.2) is 0 Å². The van der Waals surface area contributed by atoms with Gasteiger partial charge in [0.05, 0.1) is 0 Å². The van der Waals surface area contributed by atoms with Crippen LogP contribution in [0.25, 0.3) is 0 Å². The second-order valence-electron chi connectivity index (χ2n) is 4.54. The van der Waals surface area contributed by atoms with Gasteiger partial charge in [0.1, 0.15) is 0 Å². The zero-order valence-electron chi connectivity index (χ0n) is 11.6. The maximum atomic E-state index is 2.65. The minimum atomic E-state index is -1.02. The quantitative estimate of drug-likeness (QED) is 0.621. The van der Waals surface area contributed by atoms with Crippen molar-refractivity contribution in [1.82, 2.24) is 4.90 Å². The van der Waals surface area contributed by atoms with Crippen molar-refractivity contribution in [3.05, 3.63) is 0 Å².